The summed E-state index contributed by atoms with van der Waals surface area (Å²) in [5.74, 6) is 0.523. The number of aromatic nitrogens is 1. The molecule has 2 heterocycles. The van der Waals surface area contributed by atoms with Crippen molar-refractivity contribution in [3.8, 4) is 0 Å². The summed E-state index contributed by atoms with van der Waals surface area (Å²) in [7, 11) is 0. The van der Waals surface area contributed by atoms with Crippen LogP contribution in [0.2, 0.25) is 0 Å². The minimum atomic E-state index is -0.174. The lowest BCUT2D eigenvalue weighted by atomic mass is 10.1. The number of nitrogens with zero attached hydrogens (tertiary/aromatic N) is 3. The molecule has 0 aliphatic carbocycles. The summed E-state index contributed by atoms with van der Waals surface area (Å²) >= 11 is 0. The predicted octanol–water partition coefficient (Wildman–Crippen LogP) is 4.34. The van der Waals surface area contributed by atoms with Crippen LogP contribution in [-0.4, -0.2) is 16.7 Å². The standard InChI is InChI=1S/C22H18N4O.ClH/c27-22(12-11-17-7-3-1-4-8-17)26-20-13-14-23-16-19(20)24-21(25-26)15-18-9-5-2-6-10-18;/h1-14,16H,15H2,(H,24,25);1H. The molecule has 1 aromatic heterocycles. The van der Waals surface area contributed by atoms with Crippen LogP contribution in [-0.2, 0) is 11.2 Å². The van der Waals surface area contributed by atoms with E-state index in [2.05, 4.69) is 15.4 Å². The van der Waals surface area contributed by atoms with Crippen molar-refractivity contribution >= 4 is 41.6 Å². The molecule has 1 aliphatic heterocycles. The number of halogens is 1. The SMILES string of the molecule is Cl.O=C(C=Cc1ccccc1)N1NC(Cc2ccccc2)=Nc2cnccc21. The van der Waals surface area contributed by atoms with Gasteiger partial charge in [-0.05, 0) is 23.3 Å². The highest BCUT2D eigenvalue weighted by Crippen LogP contribution is 2.30. The topological polar surface area (TPSA) is 57.6 Å². The third kappa shape index (κ3) is 4.45. The summed E-state index contributed by atoms with van der Waals surface area (Å²) in [6.07, 6.45) is 7.27. The van der Waals surface area contributed by atoms with Crippen LogP contribution >= 0.6 is 12.4 Å². The van der Waals surface area contributed by atoms with Crippen LogP contribution in [0.5, 0.6) is 0 Å². The Labute approximate surface area is 169 Å². The summed E-state index contributed by atoms with van der Waals surface area (Å²) < 4.78 is 0. The van der Waals surface area contributed by atoms with Gasteiger partial charge in [-0.15, -0.1) is 12.4 Å². The van der Waals surface area contributed by atoms with Crippen LogP contribution in [0.25, 0.3) is 6.08 Å². The van der Waals surface area contributed by atoms with Crippen LogP contribution in [0.3, 0.4) is 0 Å². The highest BCUT2D eigenvalue weighted by molar-refractivity contribution is 6.09. The van der Waals surface area contributed by atoms with Gasteiger partial charge < -0.3 is 0 Å². The molecular weight excluding hydrogens is 372 g/mol. The molecule has 140 valence electrons. The molecule has 0 spiro atoms. The molecule has 0 atom stereocenters. The number of carbonyl (C=O) groups is 1. The molecule has 1 aliphatic rings. The summed E-state index contributed by atoms with van der Waals surface area (Å²) in [4.78, 5) is 21.6. The van der Waals surface area contributed by atoms with Crippen molar-refractivity contribution in [1.82, 2.24) is 10.4 Å². The fourth-order valence-electron chi connectivity index (χ4n) is 2.86. The molecule has 1 N–H and O–H groups in total. The number of fused-ring (bicyclic) bond motifs is 1. The average molecular weight is 391 g/mol. The van der Waals surface area contributed by atoms with Crippen molar-refractivity contribution in [1.29, 1.82) is 0 Å². The van der Waals surface area contributed by atoms with Gasteiger partial charge in [-0.25, -0.2) is 10.0 Å². The Morgan fingerprint density at radius 3 is 2.46 bits per heavy atom. The van der Waals surface area contributed by atoms with Crippen molar-refractivity contribution in [2.75, 3.05) is 5.01 Å². The Hall–Kier alpha value is -3.44. The zero-order valence-electron chi connectivity index (χ0n) is 15.0. The van der Waals surface area contributed by atoms with Gasteiger partial charge in [0.25, 0.3) is 5.91 Å². The highest BCUT2D eigenvalue weighted by atomic mass is 35.5. The molecule has 0 fully saturated rings. The summed E-state index contributed by atoms with van der Waals surface area (Å²) in [5, 5.41) is 1.52. The number of hydrogen-bond acceptors (Lipinski definition) is 4. The maximum absolute atomic E-state index is 12.8. The molecule has 0 unspecified atom stereocenters. The van der Waals surface area contributed by atoms with Gasteiger partial charge in [-0.2, -0.15) is 0 Å². The van der Waals surface area contributed by atoms with E-state index in [-0.39, 0.29) is 18.3 Å². The number of benzene rings is 2. The van der Waals surface area contributed by atoms with E-state index in [1.165, 1.54) is 5.01 Å². The molecule has 5 nitrogen and oxygen atoms in total. The highest BCUT2D eigenvalue weighted by Gasteiger charge is 2.23. The fourth-order valence-corrected chi connectivity index (χ4v) is 2.86. The number of pyridine rings is 1. The second-order valence-electron chi connectivity index (χ2n) is 6.11. The molecule has 28 heavy (non-hydrogen) atoms. The first-order chi connectivity index (χ1) is 13.3. The van der Waals surface area contributed by atoms with Crippen LogP contribution in [0.4, 0.5) is 11.4 Å². The summed E-state index contributed by atoms with van der Waals surface area (Å²) in [6, 6.07) is 21.5. The van der Waals surface area contributed by atoms with Gasteiger partial charge in [-0.3, -0.25) is 15.2 Å². The van der Waals surface area contributed by atoms with E-state index in [9.17, 15) is 4.79 Å². The van der Waals surface area contributed by atoms with E-state index >= 15 is 0 Å². The molecule has 0 saturated carbocycles. The third-order valence-corrected chi connectivity index (χ3v) is 4.17. The van der Waals surface area contributed by atoms with Crippen LogP contribution in [0.1, 0.15) is 11.1 Å². The van der Waals surface area contributed by atoms with E-state index in [4.69, 9.17) is 0 Å². The molecule has 0 radical (unpaired) electrons. The molecule has 2 aromatic carbocycles. The van der Waals surface area contributed by atoms with E-state index < -0.39 is 0 Å². The molecular formula is C22H19ClN4O. The number of nitrogens with one attached hydrogen (secondary N) is 1. The van der Waals surface area contributed by atoms with E-state index in [0.29, 0.717) is 23.6 Å². The van der Waals surface area contributed by atoms with Gasteiger partial charge in [-0.1, -0.05) is 60.7 Å². The Morgan fingerprint density at radius 2 is 1.71 bits per heavy atom. The first kappa shape index (κ1) is 19.3. The number of amidine groups is 1. The second kappa shape index (κ2) is 8.97. The zero-order chi connectivity index (χ0) is 18.5. The van der Waals surface area contributed by atoms with Gasteiger partial charge in [0.1, 0.15) is 11.5 Å². The van der Waals surface area contributed by atoms with Gasteiger partial charge in [0.05, 0.1) is 11.9 Å². The van der Waals surface area contributed by atoms with Crippen LogP contribution in [0.15, 0.2) is 90.2 Å². The van der Waals surface area contributed by atoms with Crippen molar-refractivity contribution in [3.63, 3.8) is 0 Å². The van der Waals surface area contributed by atoms with Gasteiger partial charge >= 0.3 is 0 Å². The molecule has 0 saturated heterocycles. The Kier molecular flexibility index (Phi) is 6.19. The number of hydrogen-bond donors (Lipinski definition) is 1. The number of amides is 1. The van der Waals surface area contributed by atoms with E-state index in [1.54, 1.807) is 30.6 Å². The number of rotatable bonds is 4. The third-order valence-electron chi connectivity index (χ3n) is 4.17. The molecule has 4 rings (SSSR count). The lowest BCUT2D eigenvalue weighted by molar-refractivity contribution is -0.114. The van der Waals surface area contributed by atoms with Crippen molar-refractivity contribution in [3.05, 3.63) is 96.3 Å². The van der Waals surface area contributed by atoms with Crippen molar-refractivity contribution in [2.24, 2.45) is 4.99 Å². The first-order valence-electron chi connectivity index (χ1n) is 8.69. The molecule has 6 heteroatoms. The smallest absolute Gasteiger partial charge is 0.269 e. The van der Waals surface area contributed by atoms with Crippen molar-refractivity contribution in [2.45, 2.75) is 6.42 Å². The number of aliphatic imine (C=N–C) groups is 1. The molecule has 3 aromatic rings. The zero-order valence-corrected chi connectivity index (χ0v) is 15.8. The Bertz CT molecular complexity index is 1000. The van der Waals surface area contributed by atoms with Gasteiger partial charge in [0.15, 0.2) is 0 Å². The van der Waals surface area contributed by atoms with Crippen molar-refractivity contribution < 1.29 is 4.79 Å². The Balaban J connectivity index is 0.00000225. The van der Waals surface area contributed by atoms with Gasteiger partial charge in [0, 0.05) is 18.7 Å². The predicted molar refractivity (Wildman–Crippen MR) is 115 cm³/mol. The molecule has 1 amide bonds. The lowest BCUT2D eigenvalue weighted by Gasteiger charge is -2.29. The van der Waals surface area contributed by atoms with E-state index in [1.807, 2.05) is 60.7 Å². The maximum Gasteiger partial charge on any atom is 0.269 e. The quantitative estimate of drug-likeness (QED) is 0.674. The van der Waals surface area contributed by atoms with E-state index in [0.717, 1.165) is 11.1 Å². The summed E-state index contributed by atoms with van der Waals surface area (Å²) in [5.41, 5.74) is 6.59. The van der Waals surface area contributed by atoms with Gasteiger partial charge in [0.2, 0.25) is 0 Å². The average Bonchev–Trinajstić information content (AvgIpc) is 2.73. The number of hydrazine groups is 1. The Morgan fingerprint density at radius 1 is 1.00 bits per heavy atom. The van der Waals surface area contributed by atoms with Crippen LogP contribution in [0, 0.1) is 0 Å². The number of anilines is 1. The maximum atomic E-state index is 12.8. The minimum Gasteiger partial charge on any atom is -0.277 e. The first-order valence-corrected chi connectivity index (χ1v) is 8.69. The largest absolute Gasteiger partial charge is 0.277 e. The normalized spacial score (nSPS) is 12.6. The number of carbonyl (C=O) groups excluding carboxylic acids is 1. The monoisotopic (exact) mass is 390 g/mol. The second-order valence-corrected chi connectivity index (χ2v) is 6.11. The lowest BCUT2D eigenvalue weighted by Crippen LogP contribution is -2.48. The molecule has 0 bridgehead atoms. The minimum absolute atomic E-state index is 0. The fraction of sp³-hybridized carbons (Fsp3) is 0.0455. The van der Waals surface area contributed by atoms with Crippen LogP contribution < -0.4 is 10.4 Å². The summed E-state index contributed by atoms with van der Waals surface area (Å²) in [6.45, 7) is 0.